The third-order valence-electron chi connectivity index (χ3n) is 10.2. The lowest BCUT2D eigenvalue weighted by molar-refractivity contribution is -0.126. The lowest BCUT2D eigenvalue weighted by Crippen LogP contribution is -2.44. The molecule has 3 saturated heterocycles. The van der Waals surface area contributed by atoms with Crippen molar-refractivity contribution < 1.29 is 22.7 Å². The summed E-state index contributed by atoms with van der Waals surface area (Å²) >= 11 is 0.942. The summed E-state index contributed by atoms with van der Waals surface area (Å²) in [4.78, 5) is 27.6. The normalized spacial score (nSPS) is 24.2. The molecule has 1 amide bonds. The fourth-order valence-electron chi connectivity index (χ4n) is 7.87. The number of fused-ring (bicyclic) bond motifs is 3. The molecule has 3 fully saturated rings. The Kier molecular flexibility index (Phi) is 7.75. The zero-order chi connectivity index (χ0) is 33.2. The number of aromatic nitrogens is 2. The van der Waals surface area contributed by atoms with Crippen LogP contribution >= 0.6 is 11.3 Å². The number of nitriles is 1. The van der Waals surface area contributed by atoms with E-state index in [4.69, 9.17) is 15.5 Å². The predicted octanol–water partition coefficient (Wildman–Crippen LogP) is 5.81. The summed E-state index contributed by atoms with van der Waals surface area (Å²) < 4.78 is 52.5. The van der Waals surface area contributed by atoms with Crippen molar-refractivity contribution >= 4 is 49.1 Å². The van der Waals surface area contributed by atoms with E-state index in [1.165, 1.54) is 18.2 Å². The van der Waals surface area contributed by atoms with Crippen molar-refractivity contribution in [1.29, 1.82) is 5.26 Å². The van der Waals surface area contributed by atoms with Crippen LogP contribution in [0.2, 0.25) is 0 Å². The number of rotatable bonds is 7. The maximum atomic E-state index is 16.8. The summed E-state index contributed by atoms with van der Waals surface area (Å²) in [7, 11) is 1.85. The second-order valence-electron chi connectivity index (χ2n) is 12.7. The number of thiophene rings is 1. The van der Waals surface area contributed by atoms with Gasteiger partial charge in [-0.3, -0.25) is 9.69 Å². The molecule has 0 spiro atoms. The molecule has 3 aliphatic rings. The van der Waals surface area contributed by atoms with Gasteiger partial charge in [-0.25, -0.2) is 13.2 Å². The van der Waals surface area contributed by atoms with Gasteiger partial charge in [0, 0.05) is 48.9 Å². The molecule has 4 unspecified atom stereocenters. The van der Waals surface area contributed by atoms with Crippen molar-refractivity contribution in [3.05, 3.63) is 54.1 Å². The smallest absolute Gasteiger partial charge is 0.319 e. The average molecular weight is 662 g/mol. The molecule has 2 aromatic carbocycles. The molecule has 244 valence electrons. The van der Waals surface area contributed by atoms with E-state index in [1.54, 1.807) is 17.0 Å². The van der Waals surface area contributed by atoms with Crippen molar-refractivity contribution in [3.8, 4) is 23.2 Å². The number of hydrogen-bond acceptors (Lipinski definition) is 9. The van der Waals surface area contributed by atoms with Gasteiger partial charge < -0.3 is 20.3 Å². The highest BCUT2D eigenvalue weighted by Crippen LogP contribution is 2.44. The van der Waals surface area contributed by atoms with E-state index >= 15 is 4.39 Å². The van der Waals surface area contributed by atoms with Crippen LogP contribution in [-0.4, -0.2) is 82.8 Å². The highest BCUT2D eigenvalue weighted by atomic mass is 32.1. The summed E-state index contributed by atoms with van der Waals surface area (Å²) in [6.45, 7) is 7.41. The van der Waals surface area contributed by atoms with Gasteiger partial charge in [0.2, 0.25) is 5.91 Å². The molecule has 2 aromatic heterocycles. The van der Waals surface area contributed by atoms with E-state index in [1.807, 2.05) is 24.9 Å². The molecule has 13 heteroatoms. The van der Waals surface area contributed by atoms with Crippen LogP contribution < -0.4 is 15.4 Å². The van der Waals surface area contributed by atoms with Crippen LogP contribution in [0.25, 0.3) is 32.1 Å². The average Bonchev–Trinajstić information content (AvgIpc) is 3.80. The first-order valence-electron chi connectivity index (χ1n) is 15.7. The Morgan fingerprint density at radius 3 is 2.83 bits per heavy atom. The van der Waals surface area contributed by atoms with Crippen molar-refractivity contribution in [2.24, 2.45) is 0 Å². The number of carbonyl (C=O) groups is 1. The second kappa shape index (κ2) is 11.7. The Labute approximate surface area is 274 Å². The number of likely N-dealkylation sites (N-methyl/N-ethyl adjacent to an activating group) is 1. The third-order valence-corrected chi connectivity index (χ3v) is 11.2. The molecule has 7 rings (SSSR count). The minimum absolute atomic E-state index is 0.0197. The molecule has 0 aliphatic carbocycles. The van der Waals surface area contributed by atoms with Crippen molar-refractivity contribution in [1.82, 2.24) is 19.8 Å². The zero-order valence-electron chi connectivity index (χ0n) is 26.1. The predicted molar refractivity (Wildman–Crippen MR) is 176 cm³/mol. The molecule has 3 aliphatic heterocycles. The van der Waals surface area contributed by atoms with Crippen LogP contribution in [0.1, 0.15) is 38.2 Å². The highest BCUT2D eigenvalue weighted by Gasteiger charge is 2.49. The molecule has 5 heterocycles. The number of ether oxygens (including phenoxy) is 1. The standard InChI is InChI=1S/C34H34F3N7O2S/c1-4-26(45)44-13-10-25(18(44)2)42(3)32-22-7-6-21(20-8-9-24(36)30-27(20)23(15-38)31(39)47-30)28(37)29(22)40-33(41-32)46-17-34-11-5-12-43(34)16-19(35)14-34/h4,6-9,18-19,25H,1,5,10-14,16-17,39H2,2-3H3. The van der Waals surface area contributed by atoms with Crippen LogP contribution in [0, 0.1) is 23.0 Å². The Morgan fingerprint density at radius 2 is 2.06 bits per heavy atom. The number of nitrogens with two attached hydrogens (primary N) is 1. The Hall–Kier alpha value is -4.41. The van der Waals surface area contributed by atoms with Gasteiger partial charge in [0.1, 0.15) is 41.0 Å². The molecule has 0 saturated carbocycles. The fourth-order valence-corrected chi connectivity index (χ4v) is 8.82. The van der Waals surface area contributed by atoms with Crippen LogP contribution in [-0.2, 0) is 4.79 Å². The Balaban J connectivity index is 1.35. The largest absolute Gasteiger partial charge is 0.461 e. The molecular weight excluding hydrogens is 627 g/mol. The lowest BCUT2D eigenvalue weighted by atomic mass is 9.95. The fraction of sp³-hybridized carbons (Fsp3) is 0.412. The number of nitrogen functional groups attached to an aromatic ring is 1. The SMILES string of the molecule is C=CC(=O)N1CCC(N(C)c2nc(OCC34CCCN3CC(F)C4)nc3c(F)c(-c4ccc(F)c5sc(N)c(C#N)c45)ccc23)C1C. The number of likely N-dealkylation sites (tertiary alicyclic amines) is 1. The number of nitrogens with zero attached hydrogens (tertiary/aromatic N) is 6. The minimum atomic E-state index is -0.944. The van der Waals surface area contributed by atoms with E-state index in [2.05, 4.69) is 16.5 Å². The molecule has 2 N–H and O–H groups in total. The number of alkyl halides is 1. The van der Waals surface area contributed by atoms with E-state index in [-0.39, 0.29) is 62.3 Å². The first kappa shape index (κ1) is 31.2. The van der Waals surface area contributed by atoms with Crippen LogP contribution in [0.4, 0.5) is 24.0 Å². The maximum Gasteiger partial charge on any atom is 0.319 e. The number of hydrogen-bond donors (Lipinski definition) is 1. The minimum Gasteiger partial charge on any atom is -0.461 e. The highest BCUT2D eigenvalue weighted by molar-refractivity contribution is 7.23. The molecule has 4 atom stereocenters. The van der Waals surface area contributed by atoms with E-state index in [0.717, 1.165) is 30.7 Å². The van der Waals surface area contributed by atoms with Crippen LogP contribution in [0.15, 0.2) is 36.9 Å². The number of carbonyl (C=O) groups excluding carboxylic acids is 1. The summed E-state index contributed by atoms with van der Waals surface area (Å²) in [6, 6.07) is 7.60. The van der Waals surface area contributed by atoms with Crippen LogP contribution in [0.3, 0.4) is 0 Å². The van der Waals surface area contributed by atoms with Crippen molar-refractivity contribution in [3.63, 3.8) is 0 Å². The van der Waals surface area contributed by atoms with E-state index < -0.39 is 23.3 Å². The molecular formula is C34H34F3N7O2S. The topological polar surface area (TPSA) is 112 Å². The molecule has 47 heavy (non-hydrogen) atoms. The van der Waals surface area contributed by atoms with Crippen molar-refractivity contribution in [2.45, 2.75) is 56.4 Å². The van der Waals surface area contributed by atoms with Gasteiger partial charge in [-0.1, -0.05) is 18.7 Å². The van der Waals surface area contributed by atoms with E-state index in [0.29, 0.717) is 42.7 Å². The molecule has 9 nitrogen and oxygen atoms in total. The Bertz CT molecular complexity index is 1980. The molecule has 0 radical (unpaired) electrons. The summed E-state index contributed by atoms with van der Waals surface area (Å²) in [5.41, 5.74) is 6.08. The summed E-state index contributed by atoms with van der Waals surface area (Å²) in [5, 5.41) is 10.6. The second-order valence-corrected chi connectivity index (χ2v) is 13.8. The van der Waals surface area contributed by atoms with Gasteiger partial charge in [-0.05, 0) is 56.5 Å². The quantitative estimate of drug-likeness (QED) is 0.247. The number of benzene rings is 2. The lowest BCUT2D eigenvalue weighted by Gasteiger charge is -2.33. The van der Waals surface area contributed by atoms with Gasteiger partial charge in [-0.15, -0.1) is 11.3 Å². The molecule has 0 bridgehead atoms. The molecule has 4 aromatic rings. The number of anilines is 2. The first-order chi connectivity index (χ1) is 22.6. The van der Waals surface area contributed by atoms with Gasteiger partial charge in [0.05, 0.1) is 21.8 Å². The van der Waals surface area contributed by atoms with Crippen LogP contribution in [0.5, 0.6) is 6.01 Å². The van der Waals surface area contributed by atoms with Gasteiger partial charge in [0.25, 0.3) is 0 Å². The number of amides is 1. The zero-order valence-corrected chi connectivity index (χ0v) is 26.9. The summed E-state index contributed by atoms with van der Waals surface area (Å²) in [6.07, 6.45) is 3.07. The monoisotopic (exact) mass is 661 g/mol. The van der Waals surface area contributed by atoms with Crippen molar-refractivity contribution in [2.75, 3.05) is 43.9 Å². The van der Waals surface area contributed by atoms with Gasteiger partial charge in [0.15, 0.2) is 5.82 Å². The van der Waals surface area contributed by atoms with Gasteiger partial charge in [-0.2, -0.15) is 15.2 Å². The third kappa shape index (κ3) is 4.96. The maximum absolute atomic E-state index is 16.8. The van der Waals surface area contributed by atoms with E-state index in [9.17, 15) is 18.8 Å². The Morgan fingerprint density at radius 1 is 1.28 bits per heavy atom. The van der Waals surface area contributed by atoms with Gasteiger partial charge >= 0.3 is 6.01 Å². The first-order valence-corrected chi connectivity index (χ1v) is 16.5. The summed E-state index contributed by atoms with van der Waals surface area (Å²) in [5.74, 6) is -1.00. The number of halogens is 3.